The molecule has 1 saturated heterocycles. The molecule has 0 saturated carbocycles. The number of likely N-dealkylation sites (tertiary alicyclic amines) is 1. The first kappa shape index (κ1) is 41.3. The van der Waals surface area contributed by atoms with Crippen LogP contribution in [0.4, 0.5) is 4.79 Å². The van der Waals surface area contributed by atoms with Crippen LogP contribution in [0.5, 0.6) is 11.5 Å². The summed E-state index contributed by atoms with van der Waals surface area (Å²) in [7, 11) is -2.96. The van der Waals surface area contributed by atoms with Gasteiger partial charge in [0, 0.05) is 6.54 Å². The average Bonchev–Trinajstić information content (AvgIpc) is 3.63. The topological polar surface area (TPSA) is 83.5 Å². The Kier molecular flexibility index (Phi) is 13.5. The Balaban J connectivity index is 1.32. The molecule has 5 aromatic carbocycles. The molecule has 0 bridgehead atoms. The third-order valence-corrected chi connectivity index (χ3v) is 15.6. The average molecular weight is 786 g/mol. The zero-order valence-corrected chi connectivity index (χ0v) is 35.0. The minimum atomic E-state index is -2.96. The number of esters is 1. The van der Waals surface area contributed by atoms with Crippen LogP contribution in [-0.4, -0.2) is 56.7 Å². The van der Waals surface area contributed by atoms with E-state index in [1.165, 1.54) is 0 Å². The Bertz CT molecular complexity index is 2020. The lowest BCUT2D eigenvalue weighted by Gasteiger charge is -2.44. The quantitative estimate of drug-likeness (QED) is 0.0773. The van der Waals surface area contributed by atoms with Gasteiger partial charge < -0.3 is 23.4 Å². The Morgan fingerprint density at radius 2 is 1.26 bits per heavy atom. The maximum atomic E-state index is 14.1. The number of ether oxygens (including phenoxy) is 4. The third kappa shape index (κ3) is 9.96. The van der Waals surface area contributed by atoms with Crippen LogP contribution < -0.4 is 19.8 Å². The van der Waals surface area contributed by atoms with E-state index in [1.807, 2.05) is 106 Å². The molecule has 8 nitrogen and oxygen atoms in total. The van der Waals surface area contributed by atoms with Crippen LogP contribution >= 0.6 is 0 Å². The van der Waals surface area contributed by atoms with E-state index in [1.54, 1.807) is 4.90 Å². The van der Waals surface area contributed by atoms with Gasteiger partial charge in [-0.2, -0.15) is 0 Å². The van der Waals surface area contributed by atoms with E-state index < -0.39 is 26.4 Å². The number of carbonyl (C=O) groups excluding carboxylic acids is 2. The monoisotopic (exact) mass is 785 g/mol. The molecule has 1 amide bonds. The van der Waals surface area contributed by atoms with Gasteiger partial charge in [0.05, 0.1) is 18.2 Å². The minimum absolute atomic E-state index is 0.0895. The number of rotatable bonds is 15. The van der Waals surface area contributed by atoms with E-state index in [2.05, 4.69) is 69.3 Å². The lowest BCUT2D eigenvalue weighted by Crippen LogP contribution is -2.67. The predicted molar refractivity (Wildman–Crippen MR) is 227 cm³/mol. The summed E-state index contributed by atoms with van der Waals surface area (Å²) in [5.41, 5.74) is 2.84. The predicted octanol–water partition coefficient (Wildman–Crippen LogP) is 9.26. The van der Waals surface area contributed by atoms with Crippen molar-refractivity contribution >= 4 is 30.8 Å². The summed E-state index contributed by atoms with van der Waals surface area (Å²) in [5.74, 6) is 0.182. The highest BCUT2D eigenvalue weighted by atomic mass is 28.4. The molecule has 0 spiro atoms. The summed E-state index contributed by atoms with van der Waals surface area (Å²) in [6.07, 6.45) is 0.322. The highest BCUT2D eigenvalue weighted by Crippen LogP contribution is 2.40. The molecule has 1 fully saturated rings. The molecule has 9 heteroatoms. The molecule has 0 unspecified atom stereocenters. The van der Waals surface area contributed by atoms with E-state index in [-0.39, 0.29) is 42.6 Å². The summed E-state index contributed by atoms with van der Waals surface area (Å²) >= 11 is 0. The number of amides is 1. The SMILES string of the molecule is CC[C@@H](C)Oc1cc(C)cc(OC[C@H]2C[C@@H](O[Si](c3ccccc3)(c3ccccc3)C(C)(C)C)CN2C(=O)OCc2ccccc2)c1C(=O)OCc1ccccc1. The number of nitrogens with zero attached hydrogens (tertiary/aromatic N) is 1. The molecule has 0 N–H and O–H groups in total. The van der Waals surface area contributed by atoms with Crippen LogP contribution in [0.2, 0.25) is 5.04 Å². The van der Waals surface area contributed by atoms with Crippen molar-refractivity contribution in [3.05, 3.63) is 156 Å². The number of benzene rings is 5. The summed E-state index contributed by atoms with van der Waals surface area (Å²) in [4.78, 5) is 29.7. The zero-order chi connectivity index (χ0) is 40.4. The largest absolute Gasteiger partial charge is 0.490 e. The highest BCUT2D eigenvalue weighted by molar-refractivity contribution is 6.99. The van der Waals surface area contributed by atoms with Crippen LogP contribution in [0, 0.1) is 6.92 Å². The van der Waals surface area contributed by atoms with Gasteiger partial charge in [-0.05, 0) is 70.9 Å². The van der Waals surface area contributed by atoms with Crippen molar-refractivity contribution in [1.82, 2.24) is 4.90 Å². The number of carbonyl (C=O) groups is 2. The first-order chi connectivity index (χ1) is 27.5. The zero-order valence-electron chi connectivity index (χ0n) is 34.0. The maximum Gasteiger partial charge on any atom is 0.410 e. The molecule has 5 aromatic rings. The van der Waals surface area contributed by atoms with Gasteiger partial charge in [0.1, 0.15) is 36.9 Å². The van der Waals surface area contributed by atoms with E-state index in [0.29, 0.717) is 24.5 Å². The van der Waals surface area contributed by atoms with Crippen LogP contribution in [0.3, 0.4) is 0 Å². The molecule has 298 valence electrons. The van der Waals surface area contributed by atoms with Gasteiger partial charge in [0.15, 0.2) is 0 Å². The molecule has 3 atom stereocenters. The fourth-order valence-electron chi connectivity index (χ4n) is 7.49. The molecular formula is C48H55NO7Si. The number of hydrogen-bond acceptors (Lipinski definition) is 7. The molecule has 0 aromatic heterocycles. The van der Waals surface area contributed by atoms with E-state index >= 15 is 0 Å². The molecular weight excluding hydrogens is 731 g/mol. The van der Waals surface area contributed by atoms with Crippen LogP contribution in [0.1, 0.15) is 74.5 Å². The van der Waals surface area contributed by atoms with Gasteiger partial charge >= 0.3 is 12.1 Å². The first-order valence-corrected chi connectivity index (χ1v) is 21.8. The summed E-state index contributed by atoms with van der Waals surface area (Å²) < 4.78 is 32.2. The van der Waals surface area contributed by atoms with Gasteiger partial charge in [0.25, 0.3) is 8.32 Å². The molecule has 1 heterocycles. The second kappa shape index (κ2) is 18.7. The second-order valence-corrected chi connectivity index (χ2v) is 20.1. The van der Waals surface area contributed by atoms with E-state index in [0.717, 1.165) is 33.5 Å². The van der Waals surface area contributed by atoms with Crippen molar-refractivity contribution in [2.24, 2.45) is 0 Å². The third-order valence-electron chi connectivity index (χ3n) is 10.5. The second-order valence-electron chi connectivity index (χ2n) is 15.8. The number of hydrogen-bond donors (Lipinski definition) is 0. The Morgan fingerprint density at radius 1 is 0.754 bits per heavy atom. The summed E-state index contributed by atoms with van der Waals surface area (Å²) in [6, 6.07) is 43.4. The first-order valence-electron chi connectivity index (χ1n) is 19.9. The van der Waals surface area contributed by atoms with Crippen LogP contribution in [0.15, 0.2) is 133 Å². The van der Waals surface area contributed by atoms with Gasteiger partial charge in [-0.15, -0.1) is 0 Å². The van der Waals surface area contributed by atoms with Crippen molar-refractivity contribution in [3.63, 3.8) is 0 Å². The fraction of sp³-hybridized carbons (Fsp3) is 0.333. The number of aryl methyl sites for hydroxylation is 1. The van der Waals surface area contributed by atoms with E-state index in [4.69, 9.17) is 23.4 Å². The van der Waals surface area contributed by atoms with Crippen LogP contribution in [0.25, 0.3) is 0 Å². The molecule has 0 aliphatic carbocycles. The molecule has 0 radical (unpaired) electrons. The Morgan fingerprint density at radius 3 is 1.79 bits per heavy atom. The normalized spacial score (nSPS) is 16.1. The highest BCUT2D eigenvalue weighted by Gasteiger charge is 2.53. The standard InChI is InChI=1S/C48H55NO7Si/c1-7-36(3)55-44-29-35(2)28-43(45(44)46(50)53-32-37-20-12-8-13-21-37)52-34-39-30-40(31-49(39)47(51)54-33-38-22-14-9-15-23-38)56-57(48(4,5)6,41-24-16-10-17-25-41)42-26-18-11-19-27-42/h8-29,36,39-40H,7,30-34H2,1-6H3/t36-,39-,40-/m1/s1. The van der Waals surface area contributed by atoms with Gasteiger partial charge in [-0.1, -0.05) is 149 Å². The lowest BCUT2D eigenvalue weighted by atomic mass is 10.1. The smallest absolute Gasteiger partial charge is 0.410 e. The van der Waals surface area contributed by atoms with Crippen molar-refractivity contribution in [1.29, 1.82) is 0 Å². The summed E-state index contributed by atoms with van der Waals surface area (Å²) in [5, 5.41) is 2.06. The lowest BCUT2D eigenvalue weighted by molar-refractivity contribution is 0.0456. The van der Waals surface area contributed by atoms with Crippen LogP contribution in [-0.2, 0) is 27.1 Å². The van der Waals surface area contributed by atoms with Gasteiger partial charge in [-0.25, -0.2) is 9.59 Å². The fourth-order valence-corrected chi connectivity index (χ4v) is 12.2. The maximum absolute atomic E-state index is 14.1. The van der Waals surface area contributed by atoms with E-state index in [9.17, 15) is 9.59 Å². The van der Waals surface area contributed by atoms with Crippen molar-refractivity contribution in [3.8, 4) is 11.5 Å². The molecule has 1 aliphatic rings. The van der Waals surface area contributed by atoms with Gasteiger partial charge in [0.2, 0.25) is 0 Å². The van der Waals surface area contributed by atoms with Crippen molar-refractivity contribution < 1.29 is 33.0 Å². The van der Waals surface area contributed by atoms with Crippen molar-refractivity contribution in [2.45, 2.75) is 90.9 Å². The van der Waals surface area contributed by atoms with Crippen molar-refractivity contribution in [2.75, 3.05) is 13.2 Å². The molecule has 6 rings (SSSR count). The minimum Gasteiger partial charge on any atom is -0.490 e. The Labute approximate surface area is 338 Å². The molecule has 1 aliphatic heterocycles. The molecule has 57 heavy (non-hydrogen) atoms. The Hall–Kier alpha value is -5.38. The van der Waals surface area contributed by atoms with Gasteiger partial charge in [-0.3, -0.25) is 4.90 Å². The summed E-state index contributed by atoms with van der Waals surface area (Å²) in [6.45, 7) is 13.3.